The number of aryl methyl sites for hydroxylation is 2. The van der Waals surface area contributed by atoms with Gasteiger partial charge in [0.1, 0.15) is 0 Å². The summed E-state index contributed by atoms with van der Waals surface area (Å²) >= 11 is 7.74. The smallest absolute Gasteiger partial charge is 0.168 e. The van der Waals surface area contributed by atoms with E-state index in [1.165, 1.54) is 64.2 Å². The quantitative estimate of drug-likeness (QED) is 0.169. The molecule has 0 saturated heterocycles. The first-order chi connectivity index (χ1) is 15.7. The van der Waals surface area contributed by atoms with Crippen molar-refractivity contribution < 1.29 is 4.74 Å². The standard InChI is InChI=1S/C29H40ClNOSi/c1-7-33(30,19-13-9-8-12-18-32-29(3,4)5)28-23-15-11-10-14-22(23)27-26(28)24-20-21(2)16-17-25(24)31(27)6/h10-11,14-17,20,28H,7-9,12-13,18-19H2,1-6H3. The fourth-order valence-corrected chi connectivity index (χ4v) is 10.2. The fraction of sp³-hybridized carbons (Fsp3) is 0.517. The Morgan fingerprint density at radius 3 is 2.48 bits per heavy atom. The lowest BCUT2D eigenvalue weighted by Crippen LogP contribution is -2.35. The van der Waals surface area contributed by atoms with Crippen molar-refractivity contribution in [1.82, 2.24) is 4.57 Å². The second-order valence-corrected chi connectivity index (χ2v) is 17.0. The van der Waals surface area contributed by atoms with Crippen molar-refractivity contribution in [1.29, 1.82) is 0 Å². The van der Waals surface area contributed by atoms with Crippen molar-refractivity contribution in [2.45, 2.75) is 83.5 Å². The maximum Gasteiger partial charge on any atom is 0.168 e. The SMILES string of the molecule is CC[Si](Cl)(CCCCCCOC(C)(C)C)C1c2ccccc2-c2c1c1cc(C)ccc1n2C. The van der Waals surface area contributed by atoms with Crippen molar-refractivity contribution >= 4 is 29.4 Å². The molecule has 0 radical (unpaired) electrons. The number of halogens is 1. The zero-order valence-corrected chi connectivity index (χ0v) is 23.1. The van der Waals surface area contributed by atoms with Crippen molar-refractivity contribution in [3.63, 3.8) is 0 Å². The average Bonchev–Trinajstić information content (AvgIpc) is 3.25. The summed E-state index contributed by atoms with van der Waals surface area (Å²) in [5.41, 5.74) is 8.72. The van der Waals surface area contributed by atoms with Crippen LogP contribution in [0.25, 0.3) is 22.2 Å². The van der Waals surface area contributed by atoms with Crippen LogP contribution in [0.5, 0.6) is 0 Å². The van der Waals surface area contributed by atoms with E-state index in [4.69, 9.17) is 15.8 Å². The molecule has 0 amide bonds. The summed E-state index contributed by atoms with van der Waals surface area (Å²) in [6.07, 6.45) is 4.82. The molecule has 33 heavy (non-hydrogen) atoms. The Morgan fingerprint density at radius 1 is 1.03 bits per heavy atom. The van der Waals surface area contributed by atoms with E-state index in [1.54, 1.807) is 0 Å². The van der Waals surface area contributed by atoms with Gasteiger partial charge in [0, 0.05) is 35.7 Å². The third-order valence-corrected chi connectivity index (χ3v) is 13.4. The molecule has 2 atom stereocenters. The maximum atomic E-state index is 7.74. The van der Waals surface area contributed by atoms with E-state index in [0.29, 0.717) is 5.54 Å². The topological polar surface area (TPSA) is 14.2 Å². The second kappa shape index (κ2) is 9.60. The molecule has 2 aromatic carbocycles. The lowest BCUT2D eigenvalue weighted by molar-refractivity contribution is -0.00471. The lowest BCUT2D eigenvalue weighted by Gasteiger charge is -2.31. The van der Waals surface area contributed by atoms with Gasteiger partial charge >= 0.3 is 0 Å². The van der Waals surface area contributed by atoms with E-state index in [9.17, 15) is 0 Å². The molecular formula is C29H40ClNOSi. The minimum Gasteiger partial charge on any atom is -0.376 e. The van der Waals surface area contributed by atoms with Crippen LogP contribution in [0.15, 0.2) is 42.5 Å². The second-order valence-electron chi connectivity index (χ2n) is 10.9. The number of nitrogens with zero attached hydrogens (tertiary/aromatic N) is 1. The van der Waals surface area contributed by atoms with Gasteiger partial charge in [-0.15, -0.1) is 0 Å². The highest BCUT2D eigenvalue weighted by atomic mass is 35.6. The normalized spacial score (nSPS) is 17.2. The predicted octanol–water partition coefficient (Wildman–Crippen LogP) is 8.72. The highest BCUT2D eigenvalue weighted by Crippen LogP contribution is 2.55. The minimum atomic E-state index is -2.08. The molecular weight excluding hydrogens is 442 g/mol. The number of ether oxygens (including phenoxy) is 1. The van der Waals surface area contributed by atoms with Crippen LogP contribution in [0.2, 0.25) is 12.1 Å². The molecule has 1 aliphatic rings. The Balaban J connectivity index is 1.59. The molecule has 0 saturated carbocycles. The van der Waals surface area contributed by atoms with Gasteiger partial charge in [0.05, 0.1) is 11.3 Å². The van der Waals surface area contributed by atoms with Gasteiger partial charge in [-0.05, 0) is 69.5 Å². The van der Waals surface area contributed by atoms with Gasteiger partial charge in [-0.3, -0.25) is 0 Å². The summed E-state index contributed by atoms with van der Waals surface area (Å²) in [5.74, 6) is 0. The monoisotopic (exact) mass is 481 g/mol. The van der Waals surface area contributed by atoms with Gasteiger partial charge in [0.15, 0.2) is 7.38 Å². The molecule has 4 heteroatoms. The fourth-order valence-electron chi connectivity index (χ4n) is 5.64. The van der Waals surface area contributed by atoms with Crippen LogP contribution in [0.1, 0.15) is 75.6 Å². The number of rotatable bonds is 9. The molecule has 4 rings (SSSR count). The summed E-state index contributed by atoms with van der Waals surface area (Å²) < 4.78 is 8.29. The van der Waals surface area contributed by atoms with Gasteiger partial charge < -0.3 is 9.30 Å². The summed E-state index contributed by atoms with van der Waals surface area (Å²) in [4.78, 5) is 0. The van der Waals surface area contributed by atoms with E-state index >= 15 is 0 Å². The Hall–Kier alpha value is -1.55. The van der Waals surface area contributed by atoms with Crippen LogP contribution in [-0.2, 0) is 11.8 Å². The van der Waals surface area contributed by atoms with Crippen molar-refractivity contribution in [2.24, 2.45) is 7.05 Å². The van der Waals surface area contributed by atoms with Crippen LogP contribution >= 0.6 is 11.1 Å². The van der Waals surface area contributed by atoms with Gasteiger partial charge in [0.2, 0.25) is 0 Å². The van der Waals surface area contributed by atoms with Crippen LogP contribution in [-0.4, -0.2) is 24.2 Å². The first kappa shape index (κ1) is 24.6. The predicted molar refractivity (Wildman–Crippen MR) is 146 cm³/mol. The number of hydrogen-bond donors (Lipinski definition) is 0. The molecule has 2 nitrogen and oxygen atoms in total. The molecule has 1 heterocycles. The minimum absolute atomic E-state index is 0.0369. The highest BCUT2D eigenvalue weighted by molar-refractivity contribution is 7.21. The third kappa shape index (κ3) is 4.83. The molecule has 0 bridgehead atoms. The molecule has 178 valence electrons. The van der Waals surface area contributed by atoms with Crippen molar-refractivity contribution in [3.8, 4) is 11.3 Å². The zero-order chi connectivity index (χ0) is 23.8. The van der Waals surface area contributed by atoms with Crippen LogP contribution in [0, 0.1) is 6.92 Å². The van der Waals surface area contributed by atoms with Crippen molar-refractivity contribution in [3.05, 3.63) is 59.2 Å². The number of aromatic nitrogens is 1. The van der Waals surface area contributed by atoms with Crippen LogP contribution in [0.3, 0.4) is 0 Å². The van der Waals surface area contributed by atoms with E-state index in [1.807, 2.05) is 0 Å². The Morgan fingerprint density at radius 2 is 1.76 bits per heavy atom. The molecule has 0 fully saturated rings. The molecule has 1 aromatic heterocycles. The van der Waals surface area contributed by atoms with Crippen molar-refractivity contribution in [2.75, 3.05) is 6.61 Å². The maximum absolute atomic E-state index is 7.74. The summed E-state index contributed by atoms with van der Waals surface area (Å²) in [5, 5.41) is 1.40. The molecule has 2 unspecified atom stereocenters. The Bertz CT molecular complexity index is 1130. The third-order valence-electron chi connectivity index (χ3n) is 7.34. The van der Waals surface area contributed by atoms with Gasteiger partial charge in [-0.25, -0.2) is 0 Å². The highest BCUT2D eigenvalue weighted by Gasteiger charge is 2.47. The molecule has 0 aliphatic heterocycles. The van der Waals surface area contributed by atoms with E-state index in [2.05, 4.69) is 88.7 Å². The van der Waals surface area contributed by atoms with E-state index in [0.717, 1.165) is 19.1 Å². The molecule has 1 aliphatic carbocycles. The van der Waals surface area contributed by atoms with Crippen LogP contribution in [0.4, 0.5) is 0 Å². The van der Waals surface area contributed by atoms with Crippen LogP contribution < -0.4 is 0 Å². The largest absolute Gasteiger partial charge is 0.376 e. The first-order valence-electron chi connectivity index (χ1n) is 12.7. The van der Waals surface area contributed by atoms with Gasteiger partial charge in [0.25, 0.3) is 0 Å². The molecule has 3 aromatic rings. The summed E-state index contributed by atoms with van der Waals surface area (Å²) in [6, 6.07) is 18.2. The number of fused-ring (bicyclic) bond motifs is 5. The average molecular weight is 482 g/mol. The van der Waals surface area contributed by atoms with E-state index in [-0.39, 0.29) is 5.60 Å². The zero-order valence-electron chi connectivity index (χ0n) is 21.3. The van der Waals surface area contributed by atoms with Gasteiger partial charge in [-0.1, -0.05) is 62.1 Å². The number of benzene rings is 2. The molecule has 0 N–H and O–H groups in total. The Labute approximate surface area is 206 Å². The summed E-state index contributed by atoms with van der Waals surface area (Å²) in [6.45, 7) is 11.8. The number of hydrogen-bond acceptors (Lipinski definition) is 1. The lowest BCUT2D eigenvalue weighted by atomic mass is 10.1. The first-order valence-corrected chi connectivity index (χ1v) is 16.2. The van der Waals surface area contributed by atoms with E-state index < -0.39 is 7.38 Å². The number of unbranched alkanes of at least 4 members (excludes halogenated alkanes) is 3. The summed E-state index contributed by atoms with van der Waals surface area (Å²) in [7, 11) is 0.136. The Kier molecular flexibility index (Phi) is 7.15. The molecule has 0 spiro atoms. The van der Waals surface area contributed by atoms with Gasteiger partial charge in [-0.2, -0.15) is 11.1 Å².